The number of hydrogen-bond acceptors (Lipinski definition) is 2. The smallest absolute Gasteiger partial charge is 0.0974 e. The molecule has 0 spiro atoms. The molecule has 2 nitrogen and oxygen atoms in total. The fraction of sp³-hybridized carbons (Fsp3) is 0.167. The lowest BCUT2D eigenvalue weighted by Gasteiger charge is -2.03. The van der Waals surface area contributed by atoms with Crippen molar-refractivity contribution in [3.8, 4) is 0 Å². The minimum Gasteiger partial charge on any atom is -0.504 e. The molecule has 1 atom stereocenters. The van der Waals surface area contributed by atoms with Crippen LogP contribution in [0.4, 0.5) is 0 Å². The summed E-state index contributed by atoms with van der Waals surface area (Å²) in [7, 11) is 1.58. The number of ether oxygens (including phenoxy) is 1. The average molecular weight is 190 g/mol. The first kappa shape index (κ1) is 10.5. The number of methoxy groups -OCH3 is 1. The number of aliphatic hydroxyl groups is 1. The highest BCUT2D eigenvalue weighted by atomic mass is 16.5. The second-order valence-electron chi connectivity index (χ2n) is 2.80. The van der Waals surface area contributed by atoms with E-state index in [1.54, 1.807) is 31.6 Å². The molecule has 1 unspecified atom stereocenters. The molecule has 0 aliphatic heterocycles. The first-order valence-corrected chi connectivity index (χ1v) is 4.43. The third-order valence-electron chi connectivity index (χ3n) is 1.76. The Bertz CT molecular complexity index is 301. The molecule has 1 N–H and O–H groups in total. The van der Waals surface area contributed by atoms with Crippen molar-refractivity contribution in [1.29, 1.82) is 0 Å². The summed E-state index contributed by atoms with van der Waals surface area (Å²) in [6, 6.07) is 9.49. The van der Waals surface area contributed by atoms with Crippen molar-refractivity contribution in [2.24, 2.45) is 0 Å². The highest BCUT2D eigenvalue weighted by molar-refractivity contribution is 5.21. The van der Waals surface area contributed by atoms with Gasteiger partial charge in [0.1, 0.15) is 0 Å². The lowest BCUT2D eigenvalue weighted by atomic mass is 10.1. The summed E-state index contributed by atoms with van der Waals surface area (Å²) < 4.78 is 4.72. The quantitative estimate of drug-likeness (QED) is 0.583. The van der Waals surface area contributed by atoms with Crippen molar-refractivity contribution in [3.05, 3.63) is 60.4 Å². The van der Waals surface area contributed by atoms with E-state index in [1.807, 2.05) is 30.3 Å². The average Bonchev–Trinajstić information content (AvgIpc) is 2.25. The van der Waals surface area contributed by atoms with Gasteiger partial charge in [-0.3, -0.25) is 0 Å². The molecule has 0 aliphatic rings. The molecule has 0 bridgehead atoms. The van der Waals surface area contributed by atoms with Crippen molar-refractivity contribution in [2.45, 2.75) is 6.10 Å². The van der Waals surface area contributed by atoms with Crippen LogP contribution in [0.15, 0.2) is 54.8 Å². The van der Waals surface area contributed by atoms with Crippen LogP contribution in [-0.4, -0.2) is 12.2 Å². The fourth-order valence-electron chi connectivity index (χ4n) is 1.05. The Labute approximate surface area is 84.1 Å². The standard InChI is InChI=1S/C12H14O2/c1-14-10-6-5-9-12(13)11-7-3-2-4-8-11/h2-10,12-13H,1H3/b9-5+,10-6-. The third kappa shape index (κ3) is 3.46. The normalized spacial score (nSPS) is 13.6. The van der Waals surface area contributed by atoms with Crippen LogP contribution >= 0.6 is 0 Å². The lowest BCUT2D eigenvalue weighted by molar-refractivity contribution is 0.228. The van der Waals surface area contributed by atoms with E-state index in [0.717, 1.165) is 5.56 Å². The van der Waals surface area contributed by atoms with E-state index in [2.05, 4.69) is 0 Å². The van der Waals surface area contributed by atoms with Gasteiger partial charge in [0.2, 0.25) is 0 Å². The highest BCUT2D eigenvalue weighted by Crippen LogP contribution is 2.12. The number of aliphatic hydroxyl groups excluding tert-OH is 1. The Morgan fingerprint density at radius 3 is 2.57 bits per heavy atom. The molecule has 0 amide bonds. The van der Waals surface area contributed by atoms with Crippen LogP contribution in [0, 0.1) is 0 Å². The van der Waals surface area contributed by atoms with Gasteiger partial charge in [0.25, 0.3) is 0 Å². The number of allylic oxidation sites excluding steroid dienone is 2. The molecule has 0 radical (unpaired) electrons. The van der Waals surface area contributed by atoms with Gasteiger partial charge >= 0.3 is 0 Å². The summed E-state index contributed by atoms with van der Waals surface area (Å²) in [5, 5.41) is 9.66. The van der Waals surface area contributed by atoms with Crippen LogP contribution < -0.4 is 0 Å². The summed E-state index contributed by atoms with van der Waals surface area (Å²) in [6.45, 7) is 0. The Morgan fingerprint density at radius 2 is 1.93 bits per heavy atom. The Kier molecular flexibility index (Phi) is 4.51. The van der Waals surface area contributed by atoms with E-state index in [9.17, 15) is 5.11 Å². The maximum atomic E-state index is 9.66. The first-order valence-electron chi connectivity index (χ1n) is 4.43. The molecule has 1 aromatic carbocycles. The Balaban J connectivity index is 2.54. The number of benzene rings is 1. The van der Waals surface area contributed by atoms with Crippen LogP contribution in [0.1, 0.15) is 11.7 Å². The largest absolute Gasteiger partial charge is 0.504 e. The van der Waals surface area contributed by atoms with Gasteiger partial charge in [0, 0.05) is 0 Å². The fourth-order valence-corrected chi connectivity index (χ4v) is 1.05. The van der Waals surface area contributed by atoms with E-state index in [-0.39, 0.29) is 0 Å². The lowest BCUT2D eigenvalue weighted by Crippen LogP contribution is -1.91. The van der Waals surface area contributed by atoms with Gasteiger partial charge in [0.05, 0.1) is 19.5 Å². The van der Waals surface area contributed by atoms with E-state index in [0.29, 0.717) is 0 Å². The predicted molar refractivity (Wildman–Crippen MR) is 56.7 cm³/mol. The van der Waals surface area contributed by atoms with Crippen LogP contribution in [0.25, 0.3) is 0 Å². The number of rotatable bonds is 4. The molecule has 74 valence electrons. The van der Waals surface area contributed by atoms with Crippen molar-refractivity contribution in [1.82, 2.24) is 0 Å². The van der Waals surface area contributed by atoms with Crippen LogP contribution in [-0.2, 0) is 4.74 Å². The van der Waals surface area contributed by atoms with E-state index < -0.39 is 6.10 Å². The second-order valence-corrected chi connectivity index (χ2v) is 2.80. The van der Waals surface area contributed by atoms with Gasteiger partial charge in [-0.15, -0.1) is 0 Å². The maximum Gasteiger partial charge on any atom is 0.0974 e. The van der Waals surface area contributed by atoms with Gasteiger partial charge < -0.3 is 9.84 Å². The third-order valence-corrected chi connectivity index (χ3v) is 1.76. The van der Waals surface area contributed by atoms with Crippen molar-refractivity contribution >= 4 is 0 Å². The molecule has 2 heteroatoms. The van der Waals surface area contributed by atoms with Crippen LogP contribution in [0.2, 0.25) is 0 Å². The summed E-state index contributed by atoms with van der Waals surface area (Å²) in [5.41, 5.74) is 0.884. The summed E-state index contributed by atoms with van der Waals surface area (Å²) in [6.07, 6.45) is 6.17. The SMILES string of the molecule is CO/C=C\C=C\C(O)c1ccccc1. The zero-order chi connectivity index (χ0) is 10.2. The van der Waals surface area contributed by atoms with Gasteiger partial charge in [-0.2, -0.15) is 0 Å². The summed E-state index contributed by atoms with van der Waals surface area (Å²) in [5.74, 6) is 0. The van der Waals surface area contributed by atoms with E-state index >= 15 is 0 Å². The number of hydrogen-bond donors (Lipinski definition) is 1. The topological polar surface area (TPSA) is 29.5 Å². The maximum absolute atomic E-state index is 9.66. The summed E-state index contributed by atoms with van der Waals surface area (Å²) >= 11 is 0. The van der Waals surface area contributed by atoms with Crippen LogP contribution in [0.5, 0.6) is 0 Å². The molecule has 0 saturated carbocycles. The summed E-state index contributed by atoms with van der Waals surface area (Å²) in [4.78, 5) is 0. The minimum absolute atomic E-state index is 0.558. The van der Waals surface area contributed by atoms with Gasteiger partial charge in [-0.1, -0.05) is 42.5 Å². The van der Waals surface area contributed by atoms with E-state index in [4.69, 9.17) is 4.74 Å². The monoisotopic (exact) mass is 190 g/mol. The van der Waals surface area contributed by atoms with Gasteiger partial charge in [-0.05, 0) is 11.6 Å². The zero-order valence-electron chi connectivity index (χ0n) is 8.13. The molecule has 0 fully saturated rings. The molecule has 1 aromatic rings. The highest BCUT2D eigenvalue weighted by Gasteiger charge is 1.99. The molecule has 0 aromatic heterocycles. The Hall–Kier alpha value is -1.54. The van der Waals surface area contributed by atoms with Gasteiger partial charge in [-0.25, -0.2) is 0 Å². The van der Waals surface area contributed by atoms with Gasteiger partial charge in [0.15, 0.2) is 0 Å². The molecular formula is C12H14O2. The molecule has 14 heavy (non-hydrogen) atoms. The first-order chi connectivity index (χ1) is 6.84. The zero-order valence-corrected chi connectivity index (χ0v) is 8.13. The van der Waals surface area contributed by atoms with E-state index in [1.165, 1.54) is 0 Å². The van der Waals surface area contributed by atoms with Crippen LogP contribution in [0.3, 0.4) is 0 Å². The Morgan fingerprint density at radius 1 is 1.21 bits per heavy atom. The molecule has 1 rings (SSSR count). The minimum atomic E-state index is -0.558. The second kappa shape index (κ2) is 6.00. The van der Waals surface area contributed by atoms with Crippen molar-refractivity contribution < 1.29 is 9.84 Å². The van der Waals surface area contributed by atoms with Crippen molar-refractivity contribution in [3.63, 3.8) is 0 Å². The predicted octanol–water partition coefficient (Wildman–Crippen LogP) is 2.44. The van der Waals surface area contributed by atoms with Crippen molar-refractivity contribution in [2.75, 3.05) is 7.11 Å². The molecule has 0 aliphatic carbocycles. The molecular weight excluding hydrogens is 176 g/mol. The molecule has 0 heterocycles. The molecule has 0 saturated heterocycles.